The molecule has 0 aliphatic carbocycles. The van der Waals surface area contributed by atoms with Gasteiger partial charge < -0.3 is 5.32 Å². The summed E-state index contributed by atoms with van der Waals surface area (Å²) in [5, 5.41) is 2.92. The van der Waals surface area contributed by atoms with Gasteiger partial charge in [0.25, 0.3) is 0 Å². The summed E-state index contributed by atoms with van der Waals surface area (Å²) in [7, 11) is 1.65. The van der Waals surface area contributed by atoms with Crippen molar-refractivity contribution in [2.75, 3.05) is 7.05 Å². The molecule has 0 fully saturated rings. The second kappa shape index (κ2) is 6.09. The Labute approximate surface area is 116 Å². The third-order valence-corrected chi connectivity index (χ3v) is 3.37. The maximum atomic E-state index is 14.1. The number of nitrogens with one attached hydrogen (secondary N) is 1. The van der Waals surface area contributed by atoms with Crippen molar-refractivity contribution in [2.45, 2.75) is 19.4 Å². The van der Waals surface area contributed by atoms with Crippen LogP contribution >= 0.6 is 0 Å². The Kier molecular flexibility index (Phi) is 4.45. The quantitative estimate of drug-likeness (QED) is 0.894. The van der Waals surface area contributed by atoms with Gasteiger partial charge in [-0.1, -0.05) is 18.2 Å². The van der Waals surface area contributed by atoms with E-state index in [0.29, 0.717) is 12.0 Å². The van der Waals surface area contributed by atoms with Crippen molar-refractivity contribution in [3.8, 4) is 0 Å². The lowest BCUT2D eigenvalue weighted by atomic mass is 9.96. The molecule has 1 unspecified atom stereocenters. The van der Waals surface area contributed by atoms with Crippen molar-refractivity contribution >= 4 is 0 Å². The van der Waals surface area contributed by atoms with E-state index in [1.807, 2.05) is 0 Å². The van der Waals surface area contributed by atoms with Crippen molar-refractivity contribution in [3.63, 3.8) is 0 Å². The zero-order valence-electron chi connectivity index (χ0n) is 11.4. The minimum absolute atomic E-state index is 0.0248. The molecule has 106 valence electrons. The van der Waals surface area contributed by atoms with E-state index in [1.165, 1.54) is 24.3 Å². The molecule has 0 radical (unpaired) electrons. The second-order valence-electron chi connectivity index (χ2n) is 4.76. The lowest BCUT2D eigenvalue weighted by Gasteiger charge is -2.19. The first-order valence-electron chi connectivity index (χ1n) is 6.39. The minimum atomic E-state index is -0.574. The second-order valence-corrected chi connectivity index (χ2v) is 4.76. The van der Waals surface area contributed by atoms with Crippen molar-refractivity contribution in [1.29, 1.82) is 0 Å². The Bertz CT molecular complexity index is 593. The van der Waals surface area contributed by atoms with Crippen LogP contribution in [0.5, 0.6) is 0 Å². The Hall–Kier alpha value is -1.81. The predicted octanol–water partition coefficient (Wildman–Crippen LogP) is 3.92. The number of aryl methyl sites for hydroxylation is 1. The topological polar surface area (TPSA) is 12.0 Å². The molecular formula is C16H16F3N. The van der Waals surface area contributed by atoms with E-state index in [9.17, 15) is 13.2 Å². The first kappa shape index (κ1) is 14.6. The van der Waals surface area contributed by atoms with Gasteiger partial charge in [-0.05, 0) is 49.7 Å². The Morgan fingerprint density at radius 1 is 1.00 bits per heavy atom. The molecule has 0 spiro atoms. The van der Waals surface area contributed by atoms with E-state index in [2.05, 4.69) is 5.32 Å². The molecule has 0 aliphatic rings. The Morgan fingerprint density at radius 2 is 1.65 bits per heavy atom. The summed E-state index contributed by atoms with van der Waals surface area (Å²) in [6, 6.07) is 8.09. The highest BCUT2D eigenvalue weighted by atomic mass is 19.1. The smallest absolute Gasteiger partial charge is 0.133 e. The Balaban J connectivity index is 2.33. The average molecular weight is 279 g/mol. The highest BCUT2D eigenvalue weighted by molar-refractivity contribution is 5.31. The van der Waals surface area contributed by atoms with Crippen LogP contribution < -0.4 is 5.32 Å². The third-order valence-electron chi connectivity index (χ3n) is 3.37. The fraction of sp³-hybridized carbons (Fsp3) is 0.250. The predicted molar refractivity (Wildman–Crippen MR) is 73.0 cm³/mol. The van der Waals surface area contributed by atoms with Crippen LogP contribution in [-0.4, -0.2) is 7.05 Å². The van der Waals surface area contributed by atoms with Gasteiger partial charge in [0.15, 0.2) is 0 Å². The molecule has 0 heterocycles. The number of hydrogen-bond donors (Lipinski definition) is 1. The molecule has 2 aromatic rings. The molecule has 2 rings (SSSR count). The Morgan fingerprint density at radius 3 is 2.25 bits per heavy atom. The highest BCUT2D eigenvalue weighted by Gasteiger charge is 2.20. The van der Waals surface area contributed by atoms with Gasteiger partial charge in [-0.3, -0.25) is 0 Å². The largest absolute Gasteiger partial charge is 0.313 e. The number of hydrogen-bond acceptors (Lipinski definition) is 1. The van der Waals surface area contributed by atoms with E-state index >= 15 is 0 Å². The van der Waals surface area contributed by atoms with Crippen LogP contribution in [0.1, 0.15) is 22.7 Å². The monoisotopic (exact) mass is 279 g/mol. The summed E-state index contributed by atoms with van der Waals surface area (Å²) >= 11 is 0. The third kappa shape index (κ3) is 3.02. The van der Waals surface area contributed by atoms with Crippen LogP contribution in [0.2, 0.25) is 0 Å². The van der Waals surface area contributed by atoms with Crippen molar-refractivity contribution in [3.05, 3.63) is 70.5 Å². The zero-order valence-corrected chi connectivity index (χ0v) is 11.4. The maximum absolute atomic E-state index is 14.1. The molecule has 20 heavy (non-hydrogen) atoms. The minimum Gasteiger partial charge on any atom is -0.313 e. The van der Waals surface area contributed by atoms with Gasteiger partial charge >= 0.3 is 0 Å². The summed E-state index contributed by atoms with van der Waals surface area (Å²) < 4.78 is 40.9. The number of halogens is 3. The van der Waals surface area contributed by atoms with Crippen LogP contribution in [0.15, 0.2) is 36.4 Å². The lowest BCUT2D eigenvalue weighted by Crippen LogP contribution is -2.22. The van der Waals surface area contributed by atoms with E-state index in [0.717, 1.165) is 5.56 Å². The molecule has 0 bridgehead atoms. The standard InChI is InChI=1S/C16H16F3N/c1-10-3-8-13(18)15(16(10)19)14(20-2)9-11-4-6-12(17)7-5-11/h3-8,14,20H,9H2,1-2H3. The summed E-state index contributed by atoms with van der Waals surface area (Å²) in [5.41, 5.74) is 1.24. The van der Waals surface area contributed by atoms with Crippen molar-refractivity contribution < 1.29 is 13.2 Å². The van der Waals surface area contributed by atoms with Gasteiger partial charge in [-0.25, -0.2) is 13.2 Å². The molecule has 1 atom stereocenters. The van der Waals surface area contributed by atoms with E-state index < -0.39 is 17.7 Å². The zero-order chi connectivity index (χ0) is 14.7. The van der Waals surface area contributed by atoms with Gasteiger partial charge in [0, 0.05) is 11.6 Å². The molecule has 4 heteroatoms. The summed E-state index contributed by atoms with van der Waals surface area (Å²) in [5.74, 6) is -1.44. The molecule has 0 amide bonds. The van der Waals surface area contributed by atoms with Crippen LogP contribution in [0.25, 0.3) is 0 Å². The maximum Gasteiger partial charge on any atom is 0.133 e. The molecule has 0 saturated carbocycles. The van der Waals surface area contributed by atoms with E-state index in [1.54, 1.807) is 26.1 Å². The van der Waals surface area contributed by atoms with Crippen LogP contribution in [0.3, 0.4) is 0 Å². The molecule has 0 aromatic heterocycles. The molecule has 1 N–H and O–H groups in total. The van der Waals surface area contributed by atoms with Gasteiger partial charge in [0.05, 0.1) is 0 Å². The number of rotatable bonds is 4. The van der Waals surface area contributed by atoms with Crippen LogP contribution in [0.4, 0.5) is 13.2 Å². The summed E-state index contributed by atoms with van der Waals surface area (Å²) in [6.45, 7) is 1.60. The summed E-state index contributed by atoms with van der Waals surface area (Å²) in [6.07, 6.45) is 0.383. The SMILES string of the molecule is CNC(Cc1ccc(F)cc1)c1c(F)ccc(C)c1F. The molecule has 0 aliphatic heterocycles. The normalized spacial score (nSPS) is 12.4. The fourth-order valence-corrected chi connectivity index (χ4v) is 2.20. The van der Waals surface area contributed by atoms with Gasteiger partial charge in [-0.2, -0.15) is 0 Å². The van der Waals surface area contributed by atoms with Crippen molar-refractivity contribution in [1.82, 2.24) is 5.32 Å². The van der Waals surface area contributed by atoms with Crippen LogP contribution in [-0.2, 0) is 6.42 Å². The molecular weight excluding hydrogens is 263 g/mol. The average Bonchev–Trinajstić information content (AvgIpc) is 2.44. The fourth-order valence-electron chi connectivity index (χ4n) is 2.20. The molecule has 1 nitrogen and oxygen atoms in total. The first-order valence-corrected chi connectivity index (χ1v) is 6.39. The van der Waals surface area contributed by atoms with Crippen molar-refractivity contribution in [2.24, 2.45) is 0 Å². The number of benzene rings is 2. The van der Waals surface area contributed by atoms with Crippen LogP contribution in [0, 0.1) is 24.4 Å². The highest BCUT2D eigenvalue weighted by Crippen LogP contribution is 2.26. The number of likely N-dealkylation sites (N-methyl/N-ethyl adjacent to an activating group) is 1. The van der Waals surface area contributed by atoms with Gasteiger partial charge in [0.1, 0.15) is 17.5 Å². The molecule has 2 aromatic carbocycles. The van der Waals surface area contributed by atoms with Gasteiger partial charge in [0.2, 0.25) is 0 Å². The van der Waals surface area contributed by atoms with E-state index in [-0.39, 0.29) is 11.4 Å². The lowest BCUT2D eigenvalue weighted by molar-refractivity contribution is 0.486. The van der Waals surface area contributed by atoms with Gasteiger partial charge in [-0.15, -0.1) is 0 Å². The first-order chi connectivity index (χ1) is 9.52. The van der Waals surface area contributed by atoms with E-state index in [4.69, 9.17) is 0 Å². The summed E-state index contributed by atoms with van der Waals surface area (Å²) in [4.78, 5) is 0. The molecule has 0 saturated heterocycles.